The van der Waals surface area contributed by atoms with E-state index in [0.717, 1.165) is 48.5 Å². The highest BCUT2D eigenvalue weighted by Crippen LogP contribution is 2.52. The molecule has 1 heterocycles. The number of methoxy groups -OCH3 is 1. The lowest BCUT2D eigenvalue weighted by Gasteiger charge is -2.32. The summed E-state index contributed by atoms with van der Waals surface area (Å²) in [6.45, 7) is 4.31. The molecule has 268 valence electrons. The Morgan fingerprint density at radius 3 is 1.62 bits per heavy atom. The number of nitro groups is 1. The van der Waals surface area contributed by atoms with Gasteiger partial charge in [-0.2, -0.15) is 4.31 Å². The van der Waals surface area contributed by atoms with Crippen LogP contribution in [0.1, 0.15) is 27.8 Å². The summed E-state index contributed by atoms with van der Waals surface area (Å²) in [7, 11) is -3.46. The Balaban J connectivity index is 1.93. The van der Waals surface area contributed by atoms with Crippen LogP contribution >= 0.6 is 6.89 Å². The largest absolute Gasteiger partial charge is 0.466 e. The number of nitro benzene ring substituents is 1. The molecule has 0 N–H and O–H groups in total. The number of non-ortho nitro benzene ring substituents is 1. The minimum absolute atomic E-state index is 0.0950. The average molecular weight is 745 g/mol. The predicted molar refractivity (Wildman–Crippen MR) is 211 cm³/mol. The molecule has 0 unspecified atom stereocenters. The van der Waals surface area contributed by atoms with E-state index in [0.29, 0.717) is 0 Å². The molecule has 0 bridgehead atoms. The molecule has 6 rings (SSSR count). The van der Waals surface area contributed by atoms with Crippen LogP contribution in [0.25, 0.3) is 5.70 Å². The summed E-state index contributed by atoms with van der Waals surface area (Å²) in [5.41, 5.74) is 3.52. The third-order valence-electron chi connectivity index (χ3n) is 9.18. The fraction of sp³-hybridized carbons (Fsp3) is 0.119. The van der Waals surface area contributed by atoms with E-state index >= 15 is 4.79 Å². The quantitative estimate of drug-likeness (QED) is 0.0544. The number of nitrogens with zero attached hydrogens (tertiary/aromatic N) is 2. The minimum atomic E-state index is -4.67. The maximum atomic E-state index is 15.7. The molecule has 1 aliphatic rings. The van der Waals surface area contributed by atoms with Gasteiger partial charge in [-0.3, -0.25) is 14.9 Å². The second-order valence-electron chi connectivity index (χ2n) is 12.8. The van der Waals surface area contributed by atoms with E-state index in [1.54, 1.807) is 12.1 Å². The zero-order chi connectivity index (χ0) is 38.1. The summed E-state index contributed by atoms with van der Waals surface area (Å²) in [5, 5.41) is 14.5. The number of carbonyl (C=O) groups is 2. The molecule has 0 atom stereocenters. The number of aryl methyl sites for hydroxylation is 4. The molecule has 1 aliphatic heterocycles. The zero-order valence-corrected chi connectivity index (χ0v) is 31.5. The van der Waals surface area contributed by atoms with Crippen LogP contribution in [0.5, 0.6) is 0 Å². The van der Waals surface area contributed by atoms with Crippen molar-refractivity contribution in [1.29, 1.82) is 0 Å². The molecule has 1 amide bonds. The number of carbonyl (C=O) groups excluding carboxylic acids is 2. The van der Waals surface area contributed by atoms with Crippen molar-refractivity contribution in [2.45, 2.75) is 32.6 Å². The van der Waals surface area contributed by atoms with Crippen molar-refractivity contribution in [3.8, 4) is 0 Å². The van der Waals surface area contributed by atoms with Gasteiger partial charge in [-0.15, -0.1) is 0 Å². The highest BCUT2D eigenvalue weighted by Gasteiger charge is 2.48. The van der Waals surface area contributed by atoms with Gasteiger partial charge in [-0.25, -0.2) is 13.2 Å². The van der Waals surface area contributed by atoms with Crippen molar-refractivity contribution in [3.63, 3.8) is 0 Å². The van der Waals surface area contributed by atoms with Crippen LogP contribution in [0.15, 0.2) is 144 Å². The summed E-state index contributed by atoms with van der Waals surface area (Å²) < 4.78 is 35.6. The van der Waals surface area contributed by atoms with Gasteiger partial charge in [0.05, 0.1) is 27.9 Å². The maximum absolute atomic E-state index is 15.7. The molecule has 0 aliphatic carbocycles. The van der Waals surface area contributed by atoms with Crippen molar-refractivity contribution in [1.82, 2.24) is 4.31 Å². The second-order valence-corrected chi connectivity index (χ2v) is 18.0. The van der Waals surface area contributed by atoms with E-state index in [-0.39, 0.29) is 32.7 Å². The number of hydrogen-bond acceptors (Lipinski definition) is 7. The van der Waals surface area contributed by atoms with Gasteiger partial charge >= 0.3 is 5.97 Å². The van der Waals surface area contributed by atoms with Crippen LogP contribution in [0.3, 0.4) is 0 Å². The first kappa shape index (κ1) is 36.9. The maximum Gasteiger partial charge on any atom is 0.330 e. The summed E-state index contributed by atoms with van der Waals surface area (Å²) in [4.78, 5) is 39.8. The summed E-state index contributed by atoms with van der Waals surface area (Å²) >= 11 is 0. The third kappa shape index (κ3) is 6.79. The number of esters is 1. The van der Waals surface area contributed by atoms with Crippen LogP contribution < -0.4 is 15.9 Å². The van der Waals surface area contributed by atoms with Crippen molar-refractivity contribution in [3.05, 3.63) is 177 Å². The van der Waals surface area contributed by atoms with E-state index < -0.39 is 33.7 Å². The van der Waals surface area contributed by atoms with Crippen LogP contribution in [0.4, 0.5) is 5.69 Å². The number of ether oxygens (including phenoxy) is 1. The lowest BCUT2D eigenvalue weighted by molar-refractivity contribution is -0.384. The Bertz CT molecular complexity index is 2370. The van der Waals surface area contributed by atoms with Gasteiger partial charge in [0.2, 0.25) is 0 Å². The number of amides is 1. The molecular formula is C42H37N2O7PS. The van der Waals surface area contributed by atoms with Crippen molar-refractivity contribution < 1.29 is 27.7 Å². The fourth-order valence-electron chi connectivity index (χ4n) is 6.46. The normalized spacial score (nSPS) is 13.6. The highest BCUT2D eigenvalue weighted by atomic mass is 32.2. The molecule has 5 aromatic rings. The first-order chi connectivity index (χ1) is 25.3. The molecule has 9 nitrogen and oxygen atoms in total. The molecule has 0 spiro atoms. The molecule has 0 aromatic heterocycles. The van der Waals surface area contributed by atoms with Gasteiger partial charge in [-0.05, 0) is 68.7 Å². The highest BCUT2D eigenvalue weighted by molar-refractivity contribution is 7.97. The average Bonchev–Trinajstić information content (AvgIpc) is 3.45. The van der Waals surface area contributed by atoms with Crippen molar-refractivity contribution in [2.24, 2.45) is 0 Å². The molecular weight excluding hydrogens is 708 g/mol. The van der Waals surface area contributed by atoms with Crippen LogP contribution in [-0.2, 0) is 24.3 Å². The van der Waals surface area contributed by atoms with Crippen molar-refractivity contribution in [2.75, 3.05) is 7.11 Å². The topological polar surface area (TPSA) is 124 Å². The summed E-state index contributed by atoms with van der Waals surface area (Å²) in [6, 6.07) is 35.0. The van der Waals surface area contributed by atoms with Gasteiger partial charge in [0, 0.05) is 29.3 Å². The standard InChI is InChI=1S/C42H37N2O7PS/c1-28-9-17-34(18-10-28)52(35-19-11-29(2)12-20-35,36-21-13-30(3)14-22-36)41-38(25-26-39(45)51-5)40(32-7-6-8-33(27-32)44(47)48)43(42(41)46)53(49,50)37-23-15-31(4)16-24-37/h6-27H,1-5H3/b26-25+. The van der Waals surface area contributed by atoms with Gasteiger partial charge < -0.3 is 4.74 Å². The molecule has 0 fully saturated rings. The Morgan fingerprint density at radius 1 is 0.736 bits per heavy atom. The van der Waals surface area contributed by atoms with E-state index in [1.807, 2.05) is 100 Å². The van der Waals surface area contributed by atoms with Crippen molar-refractivity contribution >= 4 is 61.4 Å². The summed E-state index contributed by atoms with van der Waals surface area (Å²) in [6.07, 6.45) is 2.53. The van der Waals surface area contributed by atoms with Gasteiger partial charge in [-0.1, -0.05) is 119 Å². The number of rotatable bonds is 9. The number of sulfonamides is 1. The van der Waals surface area contributed by atoms with E-state index in [4.69, 9.17) is 4.74 Å². The number of allylic oxidation sites excluding steroid dienone is 1. The SMILES string of the molecule is COC(=O)/C=C/C1=C(c2cccc([N+](=O)[O-])c2)N(S(=O)(=O)c2ccc(C)cc2)C(=O)C1=P(c1ccc(C)cc1)(c1ccc(C)cc1)c1ccc(C)cc1. The van der Waals surface area contributed by atoms with Gasteiger partial charge in [0.15, 0.2) is 0 Å². The molecule has 0 saturated carbocycles. The summed E-state index contributed by atoms with van der Waals surface area (Å²) in [5.74, 6) is -1.58. The third-order valence-corrected chi connectivity index (χ3v) is 15.2. The molecule has 0 saturated heterocycles. The molecule has 11 heteroatoms. The van der Waals surface area contributed by atoms with E-state index in [1.165, 1.54) is 49.6 Å². The van der Waals surface area contributed by atoms with E-state index in [9.17, 15) is 23.3 Å². The van der Waals surface area contributed by atoms with Gasteiger partial charge in [0.1, 0.15) is 0 Å². The van der Waals surface area contributed by atoms with Crippen LogP contribution in [-0.4, -0.2) is 41.9 Å². The fourth-order valence-corrected chi connectivity index (χ4v) is 12.4. The molecule has 0 radical (unpaired) electrons. The Labute approximate surface area is 309 Å². The minimum Gasteiger partial charge on any atom is -0.466 e. The first-order valence-corrected chi connectivity index (χ1v) is 19.9. The zero-order valence-electron chi connectivity index (χ0n) is 29.8. The Kier molecular flexibility index (Phi) is 10.2. The van der Waals surface area contributed by atoms with Gasteiger partial charge in [0.25, 0.3) is 21.6 Å². The number of benzene rings is 5. The van der Waals surface area contributed by atoms with Crippen LogP contribution in [0, 0.1) is 37.8 Å². The Hall–Kier alpha value is -5.83. The number of hydrogen-bond donors (Lipinski definition) is 0. The second kappa shape index (κ2) is 14.7. The lowest BCUT2D eigenvalue weighted by atomic mass is 10.1. The molecule has 53 heavy (non-hydrogen) atoms. The van der Waals surface area contributed by atoms with Crippen LogP contribution in [0.2, 0.25) is 0 Å². The molecule has 5 aromatic carbocycles. The monoisotopic (exact) mass is 744 g/mol. The lowest BCUT2D eigenvalue weighted by Crippen LogP contribution is -2.39. The van der Waals surface area contributed by atoms with E-state index in [2.05, 4.69) is 0 Å². The Morgan fingerprint density at radius 2 is 1.19 bits per heavy atom. The smallest absolute Gasteiger partial charge is 0.330 e. The predicted octanol–water partition coefficient (Wildman–Crippen LogP) is 6.67. The first-order valence-electron chi connectivity index (χ1n) is 16.7.